The third kappa shape index (κ3) is 2.88. The van der Waals surface area contributed by atoms with Gasteiger partial charge in [-0.2, -0.15) is 4.73 Å². The number of hydrogen-bond donors (Lipinski definition) is 1. The highest BCUT2D eigenvalue weighted by Gasteiger charge is 2.40. The summed E-state index contributed by atoms with van der Waals surface area (Å²) in [7, 11) is -2.08. The van der Waals surface area contributed by atoms with Crippen molar-refractivity contribution in [2.45, 2.75) is 45.8 Å². The van der Waals surface area contributed by atoms with Crippen LogP contribution in [0.25, 0.3) is 0 Å². The molecule has 17 heavy (non-hydrogen) atoms. The Morgan fingerprint density at radius 1 is 1.29 bits per heavy atom. The number of nitrogens with zero attached hydrogens (tertiary/aromatic N) is 1. The third-order valence-electron chi connectivity index (χ3n) is 3.22. The van der Waals surface area contributed by atoms with Crippen LogP contribution >= 0.6 is 0 Å². The minimum atomic E-state index is -2.08. The lowest BCUT2D eigenvalue weighted by molar-refractivity contribution is 0.231. The summed E-state index contributed by atoms with van der Waals surface area (Å²) in [6, 6.07) is 0. The molecule has 1 rings (SSSR count). The molecule has 0 atom stereocenters. The van der Waals surface area contributed by atoms with E-state index >= 15 is 0 Å². The predicted molar refractivity (Wildman–Crippen MR) is 69.8 cm³/mol. The summed E-state index contributed by atoms with van der Waals surface area (Å²) in [5.74, 6) is 0. The third-order valence-corrected chi connectivity index (χ3v) is 7.49. The van der Waals surface area contributed by atoms with Crippen molar-refractivity contribution in [3.05, 3.63) is 32.6 Å². The van der Waals surface area contributed by atoms with Crippen LogP contribution in [-0.2, 0) is 0 Å². The lowest BCUT2D eigenvalue weighted by atomic mass is 10.2. The lowest BCUT2D eigenvalue weighted by Crippen LogP contribution is -2.51. The topological polar surface area (TPSA) is 64.1 Å². The molecule has 0 aliphatic rings. The molecule has 5 nitrogen and oxygen atoms in total. The molecule has 1 N–H and O–H groups in total. The molecule has 1 aromatic rings. The summed E-state index contributed by atoms with van der Waals surface area (Å²) in [5, 5.41) is -0.00349. The van der Waals surface area contributed by atoms with Gasteiger partial charge in [-0.1, -0.05) is 20.8 Å². The molecule has 0 spiro atoms. The van der Waals surface area contributed by atoms with E-state index in [1.807, 2.05) is 13.1 Å². The van der Waals surface area contributed by atoms with E-state index < -0.39 is 14.0 Å². The van der Waals surface area contributed by atoms with E-state index in [1.54, 1.807) is 6.92 Å². The van der Waals surface area contributed by atoms with Crippen molar-refractivity contribution in [3.63, 3.8) is 0 Å². The molecule has 0 bridgehead atoms. The Labute approximate surface area is 102 Å². The minimum Gasteiger partial charge on any atom is -0.466 e. The summed E-state index contributed by atoms with van der Waals surface area (Å²) in [6.45, 7) is 12.0. The van der Waals surface area contributed by atoms with E-state index in [0.29, 0.717) is 5.56 Å². The van der Waals surface area contributed by atoms with Crippen LogP contribution in [0, 0.1) is 6.92 Å². The number of H-pyrrole nitrogens is 1. The second kappa shape index (κ2) is 4.18. The lowest BCUT2D eigenvalue weighted by Gasteiger charge is -2.35. The Morgan fingerprint density at radius 2 is 1.82 bits per heavy atom. The van der Waals surface area contributed by atoms with Gasteiger partial charge < -0.3 is 4.53 Å². The van der Waals surface area contributed by atoms with Gasteiger partial charge in [-0.05, 0) is 25.1 Å². The summed E-state index contributed by atoms with van der Waals surface area (Å²) in [4.78, 5) is 25.1. The van der Waals surface area contributed by atoms with Crippen molar-refractivity contribution in [3.8, 4) is 0 Å². The fraction of sp³-hybridized carbons (Fsp3) is 0.636. The van der Waals surface area contributed by atoms with Crippen LogP contribution in [0.3, 0.4) is 0 Å². The first kappa shape index (κ1) is 13.8. The first-order chi connectivity index (χ1) is 7.54. The Hall–Kier alpha value is -1.30. The normalized spacial score (nSPS) is 12.6. The van der Waals surface area contributed by atoms with Gasteiger partial charge in [-0.15, -0.1) is 0 Å². The number of hydrogen-bond acceptors (Lipinski definition) is 3. The van der Waals surface area contributed by atoms with E-state index in [-0.39, 0.29) is 10.6 Å². The largest absolute Gasteiger partial charge is 0.466 e. The molecule has 0 amide bonds. The standard InChI is InChI=1S/C11H20N2O3Si/c1-8-7-13(10(15)12-9(8)14)16-17(5,6)11(2,3)4/h7H,1-6H3,(H,12,14,15). The number of nitrogens with one attached hydrogen (secondary N) is 1. The molecule has 1 aromatic heterocycles. The monoisotopic (exact) mass is 256 g/mol. The van der Waals surface area contributed by atoms with E-state index in [4.69, 9.17) is 4.53 Å². The van der Waals surface area contributed by atoms with Gasteiger partial charge in [-0.3, -0.25) is 9.78 Å². The second-order valence-corrected chi connectivity index (χ2v) is 10.5. The van der Waals surface area contributed by atoms with Crippen LogP contribution in [-0.4, -0.2) is 18.0 Å². The molecule has 0 aliphatic heterocycles. The van der Waals surface area contributed by atoms with Crippen molar-refractivity contribution in [1.82, 2.24) is 9.71 Å². The molecule has 96 valence electrons. The molecule has 0 aliphatic carbocycles. The zero-order valence-corrected chi connectivity index (χ0v) is 12.2. The van der Waals surface area contributed by atoms with Gasteiger partial charge in [0.25, 0.3) is 13.9 Å². The number of aryl methyl sites for hydroxylation is 1. The second-order valence-electron chi connectivity index (χ2n) is 5.75. The molecular weight excluding hydrogens is 236 g/mol. The first-order valence-electron chi connectivity index (χ1n) is 5.57. The first-order valence-corrected chi connectivity index (χ1v) is 8.47. The highest BCUT2D eigenvalue weighted by molar-refractivity contribution is 6.74. The maximum Gasteiger partial charge on any atom is 0.359 e. The van der Waals surface area contributed by atoms with Crippen molar-refractivity contribution in [1.29, 1.82) is 0 Å². The van der Waals surface area contributed by atoms with Gasteiger partial charge in [0.15, 0.2) is 0 Å². The SMILES string of the molecule is Cc1cn(O[Si](C)(C)C(C)(C)C)c(=O)[nH]c1=O. The van der Waals surface area contributed by atoms with Gasteiger partial charge in [0.2, 0.25) is 0 Å². The molecule has 0 fully saturated rings. The van der Waals surface area contributed by atoms with Gasteiger partial charge in [0.05, 0.1) is 6.20 Å². The van der Waals surface area contributed by atoms with Crippen LogP contribution in [0.4, 0.5) is 0 Å². The molecule has 0 saturated heterocycles. The minimum absolute atomic E-state index is 0.00349. The van der Waals surface area contributed by atoms with E-state index in [9.17, 15) is 9.59 Å². The van der Waals surface area contributed by atoms with Crippen LogP contribution < -0.4 is 15.8 Å². The highest BCUT2D eigenvalue weighted by atomic mass is 28.4. The van der Waals surface area contributed by atoms with Gasteiger partial charge in [0.1, 0.15) is 0 Å². The maximum atomic E-state index is 11.6. The Balaban J connectivity index is 3.17. The van der Waals surface area contributed by atoms with Gasteiger partial charge >= 0.3 is 5.69 Å². The molecule has 0 aromatic carbocycles. The van der Waals surface area contributed by atoms with E-state index in [2.05, 4.69) is 25.8 Å². The summed E-state index contributed by atoms with van der Waals surface area (Å²) in [6.07, 6.45) is 1.45. The van der Waals surface area contributed by atoms with Crippen LogP contribution in [0.5, 0.6) is 0 Å². The fourth-order valence-electron chi connectivity index (χ4n) is 0.995. The smallest absolute Gasteiger partial charge is 0.359 e. The Morgan fingerprint density at radius 3 is 2.29 bits per heavy atom. The number of rotatable bonds is 2. The average molecular weight is 256 g/mol. The van der Waals surface area contributed by atoms with Crippen molar-refractivity contribution < 1.29 is 4.53 Å². The molecule has 1 heterocycles. The van der Waals surface area contributed by atoms with Crippen LogP contribution in [0.15, 0.2) is 15.8 Å². The summed E-state index contributed by atoms with van der Waals surface area (Å²) < 4.78 is 6.95. The van der Waals surface area contributed by atoms with E-state index in [0.717, 1.165) is 4.73 Å². The zero-order valence-electron chi connectivity index (χ0n) is 11.2. The average Bonchev–Trinajstić information content (AvgIpc) is 2.12. The molecule has 0 unspecified atom stereocenters. The highest BCUT2D eigenvalue weighted by Crippen LogP contribution is 2.34. The Kier molecular flexibility index (Phi) is 3.38. The predicted octanol–water partition coefficient (Wildman–Crippen LogP) is 1.28. The van der Waals surface area contributed by atoms with Crippen molar-refractivity contribution in [2.75, 3.05) is 0 Å². The fourth-order valence-corrected chi connectivity index (χ4v) is 1.90. The van der Waals surface area contributed by atoms with Crippen LogP contribution in [0.2, 0.25) is 18.1 Å². The summed E-state index contributed by atoms with van der Waals surface area (Å²) >= 11 is 0. The maximum absolute atomic E-state index is 11.6. The summed E-state index contributed by atoms with van der Waals surface area (Å²) in [5.41, 5.74) is -0.432. The van der Waals surface area contributed by atoms with Gasteiger partial charge in [-0.25, -0.2) is 4.79 Å². The van der Waals surface area contributed by atoms with Crippen LogP contribution in [0.1, 0.15) is 26.3 Å². The zero-order chi connectivity index (χ0) is 13.4. The molecule has 6 heteroatoms. The molecule has 0 saturated carbocycles. The van der Waals surface area contributed by atoms with Gasteiger partial charge in [0, 0.05) is 5.56 Å². The number of aromatic nitrogens is 2. The van der Waals surface area contributed by atoms with Crippen molar-refractivity contribution in [2.24, 2.45) is 0 Å². The number of aromatic amines is 1. The molecular formula is C11H20N2O3Si. The van der Waals surface area contributed by atoms with E-state index in [1.165, 1.54) is 6.20 Å². The molecule has 0 radical (unpaired) electrons. The Bertz CT molecular complexity index is 523. The van der Waals surface area contributed by atoms with Crippen molar-refractivity contribution >= 4 is 8.32 Å². The quantitative estimate of drug-likeness (QED) is 0.811.